The van der Waals surface area contributed by atoms with Crippen LogP contribution in [0.2, 0.25) is 0 Å². The van der Waals surface area contributed by atoms with Gasteiger partial charge in [-0.05, 0) is 18.6 Å². The van der Waals surface area contributed by atoms with Crippen molar-refractivity contribution in [3.8, 4) is 11.4 Å². The number of halogens is 1. The molecule has 3 rings (SSSR count). The molecule has 2 aromatic rings. The molecule has 3 nitrogen and oxygen atoms in total. The Balaban J connectivity index is 2.12. The summed E-state index contributed by atoms with van der Waals surface area (Å²) in [5.74, 6) is 3.20. The van der Waals surface area contributed by atoms with Gasteiger partial charge in [-0.1, -0.05) is 28.1 Å². The Bertz CT molecular complexity index is 628. The topological polar surface area (TPSA) is 51.8 Å². The molecule has 0 amide bonds. The third-order valence-corrected chi connectivity index (χ3v) is 4.86. The van der Waals surface area contributed by atoms with Crippen molar-refractivity contribution in [2.75, 3.05) is 5.73 Å². The van der Waals surface area contributed by atoms with E-state index in [2.05, 4.69) is 38.9 Å². The minimum atomic E-state index is 0.622. The quantitative estimate of drug-likeness (QED) is 0.872. The van der Waals surface area contributed by atoms with Crippen LogP contribution in [0.1, 0.15) is 16.8 Å². The maximum Gasteiger partial charge on any atom is 0.161 e. The van der Waals surface area contributed by atoms with Crippen molar-refractivity contribution >= 4 is 33.5 Å². The Kier molecular flexibility index (Phi) is 3.03. The van der Waals surface area contributed by atoms with E-state index in [1.54, 1.807) is 0 Å². The monoisotopic (exact) mass is 321 g/mol. The van der Waals surface area contributed by atoms with Gasteiger partial charge in [0.15, 0.2) is 5.82 Å². The zero-order valence-electron chi connectivity index (χ0n) is 9.90. The molecule has 0 radical (unpaired) electrons. The highest BCUT2D eigenvalue weighted by atomic mass is 79.9. The Labute approximate surface area is 118 Å². The molecule has 1 aromatic heterocycles. The van der Waals surface area contributed by atoms with E-state index in [1.165, 1.54) is 5.56 Å². The first kappa shape index (κ1) is 12.0. The van der Waals surface area contributed by atoms with Gasteiger partial charge in [0, 0.05) is 27.1 Å². The molecule has 92 valence electrons. The Hall–Kier alpha value is -1.07. The third-order valence-electron chi connectivity index (χ3n) is 3.04. The average Bonchev–Trinajstić information content (AvgIpc) is 2.81. The molecule has 0 spiro atoms. The van der Waals surface area contributed by atoms with E-state index in [4.69, 9.17) is 5.73 Å². The van der Waals surface area contributed by atoms with Crippen molar-refractivity contribution < 1.29 is 0 Å². The van der Waals surface area contributed by atoms with Gasteiger partial charge in [0.25, 0.3) is 0 Å². The van der Waals surface area contributed by atoms with Gasteiger partial charge < -0.3 is 5.73 Å². The Morgan fingerprint density at radius 2 is 2.11 bits per heavy atom. The van der Waals surface area contributed by atoms with Crippen molar-refractivity contribution in [3.63, 3.8) is 0 Å². The summed E-state index contributed by atoms with van der Waals surface area (Å²) < 4.78 is 1.07. The molecule has 0 unspecified atom stereocenters. The Morgan fingerprint density at radius 3 is 2.89 bits per heavy atom. The predicted octanol–water partition coefficient (Wildman–Crippen LogP) is 3.54. The van der Waals surface area contributed by atoms with E-state index in [-0.39, 0.29) is 0 Å². The van der Waals surface area contributed by atoms with Crippen LogP contribution >= 0.6 is 27.7 Å². The fourth-order valence-electron chi connectivity index (χ4n) is 1.94. The molecule has 1 aliphatic rings. The standard InChI is InChI=1S/C13H12BrN3S/c1-7-2-3-8(4-10(7)14)13-16-11-6-18-5-9(11)12(15)17-13/h2-4H,5-6H2,1H3,(H2,15,16,17). The lowest BCUT2D eigenvalue weighted by atomic mass is 10.1. The van der Waals surface area contributed by atoms with Crippen LogP contribution in [0.3, 0.4) is 0 Å². The van der Waals surface area contributed by atoms with Crippen LogP contribution in [0, 0.1) is 6.92 Å². The maximum atomic E-state index is 6.00. The molecule has 1 aliphatic heterocycles. The summed E-state index contributed by atoms with van der Waals surface area (Å²) in [5, 5.41) is 0. The minimum absolute atomic E-state index is 0.622. The number of hydrogen-bond donors (Lipinski definition) is 1. The second-order valence-corrected chi connectivity index (χ2v) is 6.15. The maximum absolute atomic E-state index is 6.00. The molecule has 0 fully saturated rings. The number of fused-ring (bicyclic) bond motifs is 1. The van der Waals surface area contributed by atoms with Gasteiger partial charge in [0.2, 0.25) is 0 Å². The van der Waals surface area contributed by atoms with Crippen LogP contribution < -0.4 is 5.73 Å². The zero-order valence-corrected chi connectivity index (χ0v) is 12.3. The van der Waals surface area contributed by atoms with E-state index in [9.17, 15) is 0 Å². The molecule has 1 aromatic carbocycles. The van der Waals surface area contributed by atoms with Crippen LogP contribution in [-0.2, 0) is 11.5 Å². The van der Waals surface area contributed by atoms with Crippen LogP contribution in [0.25, 0.3) is 11.4 Å². The number of thioether (sulfide) groups is 1. The molecule has 2 heterocycles. The number of nitrogens with two attached hydrogens (primary N) is 1. The fraction of sp³-hybridized carbons (Fsp3) is 0.231. The van der Waals surface area contributed by atoms with Gasteiger partial charge in [-0.2, -0.15) is 11.8 Å². The number of aryl methyl sites for hydroxylation is 1. The summed E-state index contributed by atoms with van der Waals surface area (Å²) in [6, 6.07) is 6.13. The minimum Gasteiger partial charge on any atom is -0.383 e. The van der Waals surface area contributed by atoms with Crippen LogP contribution in [0.15, 0.2) is 22.7 Å². The summed E-state index contributed by atoms with van der Waals surface area (Å²) in [6.07, 6.45) is 0. The Morgan fingerprint density at radius 1 is 1.28 bits per heavy atom. The van der Waals surface area contributed by atoms with E-state index in [1.807, 2.05) is 23.9 Å². The molecule has 0 atom stereocenters. The van der Waals surface area contributed by atoms with Crippen LogP contribution in [-0.4, -0.2) is 9.97 Å². The van der Waals surface area contributed by atoms with Gasteiger partial charge in [-0.3, -0.25) is 0 Å². The van der Waals surface area contributed by atoms with Crippen molar-refractivity contribution in [1.29, 1.82) is 0 Å². The second kappa shape index (κ2) is 4.55. The number of anilines is 1. The molecule has 0 saturated heterocycles. The highest BCUT2D eigenvalue weighted by Gasteiger charge is 2.18. The smallest absolute Gasteiger partial charge is 0.161 e. The summed E-state index contributed by atoms with van der Waals surface area (Å²) in [5.41, 5.74) is 10.4. The number of aromatic nitrogens is 2. The summed E-state index contributed by atoms with van der Waals surface area (Å²) in [6.45, 7) is 2.06. The lowest BCUT2D eigenvalue weighted by Gasteiger charge is -2.07. The first-order chi connectivity index (χ1) is 8.65. The normalized spacial score (nSPS) is 13.7. The van der Waals surface area contributed by atoms with Crippen molar-refractivity contribution in [2.45, 2.75) is 18.4 Å². The molecule has 0 aliphatic carbocycles. The SMILES string of the molecule is Cc1ccc(-c2nc(N)c3c(n2)CSC3)cc1Br. The number of nitrogens with zero attached hydrogens (tertiary/aromatic N) is 2. The van der Waals surface area contributed by atoms with E-state index >= 15 is 0 Å². The van der Waals surface area contributed by atoms with Gasteiger partial charge in [0.05, 0.1) is 5.69 Å². The zero-order chi connectivity index (χ0) is 12.7. The van der Waals surface area contributed by atoms with Gasteiger partial charge in [0.1, 0.15) is 5.82 Å². The van der Waals surface area contributed by atoms with Crippen molar-refractivity contribution in [1.82, 2.24) is 9.97 Å². The van der Waals surface area contributed by atoms with Crippen molar-refractivity contribution in [2.24, 2.45) is 0 Å². The predicted molar refractivity (Wildman–Crippen MR) is 79.3 cm³/mol. The molecule has 5 heteroatoms. The summed E-state index contributed by atoms with van der Waals surface area (Å²) >= 11 is 5.37. The van der Waals surface area contributed by atoms with E-state index in [0.29, 0.717) is 5.82 Å². The third kappa shape index (κ3) is 2.01. The van der Waals surface area contributed by atoms with Gasteiger partial charge in [-0.15, -0.1) is 0 Å². The number of hydrogen-bond acceptors (Lipinski definition) is 4. The summed E-state index contributed by atoms with van der Waals surface area (Å²) in [4.78, 5) is 9.04. The first-order valence-electron chi connectivity index (χ1n) is 5.64. The highest BCUT2D eigenvalue weighted by Crippen LogP contribution is 2.33. The van der Waals surface area contributed by atoms with Crippen molar-refractivity contribution in [3.05, 3.63) is 39.5 Å². The first-order valence-corrected chi connectivity index (χ1v) is 7.59. The number of benzene rings is 1. The van der Waals surface area contributed by atoms with E-state index in [0.717, 1.165) is 38.6 Å². The second-order valence-electron chi connectivity index (χ2n) is 4.31. The lowest BCUT2D eigenvalue weighted by molar-refractivity contribution is 1.08. The molecule has 0 bridgehead atoms. The van der Waals surface area contributed by atoms with Gasteiger partial charge in [-0.25, -0.2) is 9.97 Å². The van der Waals surface area contributed by atoms with Crippen LogP contribution in [0.4, 0.5) is 5.82 Å². The summed E-state index contributed by atoms with van der Waals surface area (Å²) in [7, 11) is 0. The van der Waals surface area contributed by atoms with E-state index < -0.39 is 0 Å². The number of rotatable bonds is 1. The lowest BCUT2D eigenvalue weighted by Crippen LogP contribution is -2.02. The van der Waals surface area contributed by atoms with Crippen LogP contribution in [0.5, 0.6) is 0 Å². The average molecular weight is 322 g/mol. The van der Waals surface area contributed by atoms with Gasteiger partial charge >= 0.3 is 0 Å². The highest BCUT2D eigenvalue weighted by molar-refractivity contribution is 9.10. The molecular weight excluding hydrogens is 310 g/mol. The molecular formula is C13H12BrN3S. The fourth-order valence-corrected chi connectivity index (χ4v) is 3.37. The molecule has 18 heavy (non-hydrogen) atoms. The number of nitrogen functional groups attached to an aromatic ring is 1. The molecule has 0 saturated carbocycles. The molecule has 2 N–H and O–H groups in total. The largest absolute Gasteiger partial charge is 0.383 e.